The van der Waals surface area contributed by atoms with Gasteiger partial charge in [-0.25, -0.2) is 0 Å². The molecule has 2 aromatic rings. The molecule has 1 heterocycles. The molecule has 4 nitrogen and oxygen atoms in total. The van der Waals surface area contributed by atoms with E-state index in [4.69, 9.17) is 4.74 Å². The first-order chi connectivity index (χ1) is 10.8. The zero-order chi connectivity index (χ0) is 15.2. The minimum atomic E-state index is -0.0417. The number of ether oxygens (including phenoxy) is 1. The van der Waals surface area contributed by atoms with Gasteiger partial charge in [-0.15, -0.1) is 12.4 Å². The maximum atomic E-state index is 12.1. The van der Waals surface area contributed by atoms with Crippen molar-refractivity contribution in [2.24, 2.45) is 0 Å². The Labute approximate surface area is 142 Å². The van der Waals surface area contributed by atoms with Crippen LogP contribution in [0, 0.1) is 0 Å². The molecule has 2 N–H and O–H groups in total. The number of hydrogen-bond acceptors (Lipinski definition) is 3. The van der Waals surface area contributed by atoms with Crippen LogP contribution in [0.3, 0.4) is 0 Å². The van der Waals surface area contributed by atoms with Gasteiger partial charge in [0.25, 0.3) is 5.91 Å². The lowest BCUT2D eigenvalue weighted by molar-refractivity contribution is 0.0950. The first-order valence-electron chi connectivity index (χ1n) is 7.66. The lowest BCUT2D eigenvalue weighted by atomic mass is 10.2. The molecular formula is C18H21ClN2O2. The molecule has 0 radical (unpaired) electrons. The highest BCUT2D eigenvalue weighted by molar-refractivity contribution is 5.94. The van der Waals surface area contributed by atoms with Gasteiger partial charge in [0.15, 0.2) is 0 Å². The van der Waals surface area contributed by atoms with Crippen molar-refractivity contribution >= 4 is 18.3 Å². The second-order valence-corrected chi connectivity index (χ2v) is 5.44. The number of para-hydroxylation sites is 1. The van der Waals surface area contributed by atoms with Crippen LogP contribution in [0.1, 0.15) is 23.2 Å². The van der Waals surface area contributed by atoms with Crippen LogP contribution in [0.4, 0.5) is 0 Å². The number of benzene rings is 2. The number of carbonyl (C=O) groups excluding carboxylic acids is 1. The third kappa shape index (κ3) is 4.98. The van der Waals surface area contributed by atoms with E-state index in [9.17, 15) is 4.79 Å². The van der Waals surface area contributed by atoms with E-state index in [-0.39, 0.29) is 18.3 Å². The summed E-state index contributed by atoms with van der Waals surface area (Å²) in [5.41, 5.74) is 0.651. The molecule has 1 unspecified atom stereocenters. The van der Waals surface area contributed by atoms with E-state index in [2.05, 4.69) is 10.6 Å². The summed E-state index contributed by atoms with van der Waals surface area (Å²) in [7, 11) is 0. The van der Waals surface area contributed by atoms with Crippen LogP contribution in [0.15, 0.2) is 54.6 Å². The molecule has 0 bridgehead atoms. The van der Waals surface area contributed by atoms with E-state index >= 15 is 0 Å². The molecule has 0 aliphatic carbocycles. The molecule has 5 heteroatoms. The Morgan fingerprint density at radius 3 is 2.43 bits per heavy atom. The van der Waals surface area contributed by atoms with Gasteiger partial charge in [0.1, 0.15) is 11.5 Å². The van der Waals surface area contributed by atoms with Crippen molar-refractivity contribution in [1.82, 2.24) is 10.6 Å². The van der Waals surface area contributed by atoms with Gasteiger partial charge in [0.2, 0.25) is 0 Å². The molecule has 1 aliphatic heterocycles. The summed E-state index contributed by atoms with van der Waals surface area (Å²) in [6, 6.07) is 17.2. The molecule has 23 heavy (non-hydrogen) atoms. The number of rotatable bonds is 5. The highest BCUT2D eigenvalue weighted by atomic mass is 35.5. The molecule has 1 atom stereocenters. The highest BCUT2D eigenvalue weighted by Crippen LogP contribution is 2.21. The number of halogens is 1. The summed E-state index contributed by atoms with van der Waals surface area (Å²) in [6.07, 6.45) is 2.32. The van der Waals surface area contributed by atoms with Crippen LogP contribution in [0.2, 0.25) is 0 Å². The quantitative estimate of drug-likeness (QED) is 0.882. The van der Waals surface area contributed by atoms with Gasteiger partial charge < -0.3 is 15.4 Å². The van der Waals surface area contributed by atoms with Gasteiger partial charge in [-0.3, -0.25) is 4.79 Å². The molecule has 0 saturated carbocycles. The van der Waals surface area contributed by atoms with E-state index in [0.717, 1.165) is 24.5 Å². The van der Waals surface area contributed by atoms with E-state index in [1.807, 2.05) is 42.5 Å². The predicted molar refractivity (Wildman–Crippen MR) is 93.6 cm³/mol. The van der Waals surface area contributed by atoms with E-state index in [1.54, 1.807) is 12.1 Å². The number of nitrogens with one attached hydrogen (secondary N) is 2. The van der Waals surface area contributed by atoms with Crippen molar-refractivity contribution in [3.05, 3.63) is 60.2 Å². The number of amides is 1. The normalized spacial score (nSPS) is 16.4. The van der Waals surface area contributed by atoms with Crippen LogP contribution in [-0.2, 0) is 0 Å². The topological polar surface area (TPSA) is 50.4 Å². The van der Waals surface area contributed by atoms with Crippen LogP contribution in [0.25, 0.3) is 0 Å². The minimum Gasteiger partial charge on any atom is -0.457 e. The smallest absolute Gasteiger partial charge is 0.251 e. The fourth-order valence-corrected chi connectivity index (χ4v) is 2.55. The highest BCUT2D eigenvalue weighted by Gasteiger charge is 2.15. The zero-order valence-corrected chi connectivity index (χ0v) is 13.6. The largest absolute Gasteiger partial charge is 0.457 e. The third-order valence-corrected chi connectivity index (χ3v) is 3.77. The van der Waals surface area contributed by atoms with Gasteiger partial charge in [-0.2, -0.15) is 0 Å². The molecule has 0 spiro atoms. The Morgan fingerprint density at radius 2 is 1.78 bits per heavy atom. The lowest BCUT2D eigenvalue weighted by Gasteiger charge is -2.11. The van der Waals surface area contributed by atoms with Crippen molar-refractivity contribution in [3.63, 3.8) is 0 Å². The number of hydrogen-bond donors (Lipinski definition) is 2. The summed E-state index contributed by atoms with van der Waals surface area (Å²) in [6.45, 7) is 1.73. The van der Waals surface area contributed by atoms with Crippen LogP contribution < -0.4 is 15.4 Å². The standard InChI is InChI=1S/C18H20N2O2.ClH/c21-18(20-13-15-5-4-12-19-15)14-8-10-17(11-9-14)22-16-6-2-1-3-7-16;/h1-3,6-11,15,19H,4-5,12-13H2,(H,20,21);1H. The van der Waals surface area contributed by atoms with Crippen LogP contribution >= 0.6 is 12.4 Å². The molecular weight excluding hydrogens is 312 g/mol. The molecule has 0 aromatic heterocycles. The van der Waals surface area contributed by atoms with Gasteiger partial charge in [-0.05, 0) is 55.8 Å². The zero-order valence-electron chi connectivity index (χ0n) is 12.8. The first-order valence-corrected chi connectivity index (χ1v) is 7.66. The molecule has 1 amide bonds. The summed E-state index contributed by atoms with van der Waals surface area (Å²) < 4.78 is 5.71. The second-order valence-electron chi connectivity index (χ2n) is 5.44. The Morgan fingerprint density at radius 1 is 1.09 bits per heavy atom. The minimum absolute atomic E-state index is 0. The van der Waals surface area contributed by atoms with Gasteiger partial charge >= 0.3 is 0 Å². The van der Waals surface area contributed by atoms with Gasteiger partial charge in [-0.1, -0.05) is 18.2 Å². The van der Waals surface area contributed by atoms with Crippen molar-refractivity contribution in [2.45, 2.75) is 18.9 Å². The molecule has 1 aliphatic rings. The van der Waals surface area contributed by atoms with Crippen LogP contribution in [0.5, 0.6) is 11.5 Å². The van der Waals surface area contributed by atoms with Crippen molar-refractivity contribution < 1.29 is 9.53 Å². The Kier molecular flexibility index (Phi) is 6.44. The maximum Gasteiger partial charge on any atom is 0.251 e. The average Bonchev–Trinajstić information content (AvgIpc) is 3.08. The van der Waals surface area contributed by atoms with Gasteiger partial charge in [0, 0.05) is 18.2 Å². The van der Waals surface area contributed by atoms with Crippen molar-refractivity contribution in [3.8, 4) is 11.5 Å². The average molecular weight is 333 g/mol. The van der Waals surface area contributed by atoms with E-state index in [0.29, 0.717) is 18.2 Å². The second kappa shape index (κ2) is 8.56. The lowest BCUT2D eigenvalue weighted by Crippen LogP contribution is -2.37. The van der Waals surface area contributed by atoms with E-state index < -0.39 is 0 Å². The van der Waals surface area contributed by atoms with Crippen molar-refractivity contribution in [2.75, 3.05) is 13.1 Å². The number of carbonyl (C=O) groups is 1. The maximum absolute atomic E-state index is 12.1. The third-order valence-electron chi connectivity index (χ3n) is 3.77. The van der Waals surface area contributed by atoms with E-state index in [1.165, 1.54) is 6.42 Å². The fourth-order valence-electron chi connectivity index (χ4n) is 2.55. The van der Waals surface area contributed by atoms with Crippen LogP contribution in [-0.4, -0.2) is 25.0 Å². The molecule has 122 valence electrons. The van der Waals surface area contributed by atoms with Crippen molar-refractivity contribution in [1.29, 1.82) is 0 Å². The summed E-state index contributed by atoms with van der Waals surface area (Å²) in [5, 5.41) is 6.33. The molecule has 1 fully saturated rings. The summed E-state index contributed by atoms with van der Waals surface area (Å²) in [5.74, 6) is 1.46. The summed E-state index contributed by atoms with van der Waals surface area (Å²) in [4.78, 5) is 12.1. The SMILES string of the molecule is Cl.O=C(NCC1CCCN1)c1ccc(Oc2ccccc2)cc1. The van der Waals surface area contributed by atoms with Gasteiger partial charge in [0.05, 0.1) is 0 Å². The predicted octanol–water partition coefficient (Wildman–Crippen LogP) is 3.38. The summed E-state index contributed by atoms with van der Waals surface area (Å²) >= 11 is 0. The molecule has 2 aromatic carbocycles. The Balaban J connectivity index is 0.00000192. The monoisotopic (exact) mass is 332 g/mol. The molecule has 3 rings (SSSR count). The Bertz CT molecular complexity index is 611. The Hall–Kier alpha value is -2.04. The molecule has 1 saturated heterocycles. The first kappa shape index (κ1) is 17.3. The fraction of sp³-hybridized carbons (Fsp3) is 0.278.